The van der Waals surface area contributed by atoms with Gasteiger partial charge in [0.1, 0.15) is 6.54 Å². The lowest BCUT2D eigenvalue weighted by Crippen LogP contribution is -2.53. The van der Waals surface area contributed by atoms with Crippen LogP contribution in [0.25, 0.3) is 0 Å². The fourth-order valence-electron chi connectivity index (χ4n) is 2.97. The maximum atomic E-state index is 12.7. The smallest absolute Gasteiger partial charge is 0.368 e. The summed E-state index contributed by atoms with van der Waals surface area (Å²) < 4.78 is 38.2. The van der Waals surface area contributed by atoms with E-state index in [-0.39, 0.29) is 12.5 Å². The lowest BCUT2D eigenvalue weighted by atomic mass is 10.1. The normalized spacial score (nSPS) is 18.2. The number of guanidine groups is 1. The van der Waals surface area contributed by atoms with E-state index in [2.05, 4.69) is 20.1 Å². The third kappa shape index (κ3) is 5.30. The number of nitrogens with zero attached hydrogens (tertiary/aromatic N) is 4. The zero-order chi connectivity index (χ0) is 20.3. The predicted octanol–water partition coefficient (Wildman–Crippen LogP) is 2.02. The molecule has 3 rings (SSSR count). The van der Waals surface area contributed by atoms with Gasteiger partial charge in [-0.05, 0) is 37.1 Å². The van der Waals surface area contributed by atoms with Crippen LogP contribution in [0, 0.1) is 0 Å². The second-order valence-electron chi connectivity index (χ2n) is 7.37. The molecule has 1 N–H and O–H groups in total. The van der Waals surface area contributed by atoms with Crippen molar-refractivity contribution in [2.24, 2.45) is 4.99 Å². The number of alkyl halides is 3. The molecule has 1 aliphatic heterocycles. The minimum Gasteiger partial charge on any atom is -0.368 e. The molecule has 28 heavy (non-hydrogen) atoms. The first-order valence-corrected chi connectivity index (χ1v) is 9.42. The second kappa shape index (κ2) is 8.28. The molecule has 1 aliphatic carbocycles. The van der Waals surface area contributed by atoms with E-state index in [1.54, 1.807) is 14.1 Å². The van der Waals surface area contributed by atoms with E-state index < -0.39 is 11.7 Å². The molecule has 0 bridgehead atoms. The van der Waals surface area contributed by atoms with Gasteiger partial charge in [-0.1, -0.05) is 0 Å². The van der Waals surface area contributed by atoms with Crippen molar-refractivity contribution in [2.45, 2.75) is 25.1 Å². The Balaban J connectivity index is 1.60. The summed E-state index contributed by atoms with van der Waals surface area (Å²) >= 11 is 0. The Morgan fingerprint density at radius 3 is 2.25 bits per heavy atom. The van der Waals surface area contributed by atoms with Crippen LogP contribution in [-0.4, -0.2) is 74.5 Å². The number of rotatable bonds is 4. The van der Waals surface area contributed by atoms with Crippen molar-refractivity contribution in [3.63, 3.8) is 0 Å². The first-order chi connectivity index (χ1) is 13.2. The lowest BCUT2D eigenvalue weighted by Gasteiger charge is -2.38. The third-order valence-corrected chi connectivity index (χ3v) is 4.91. The summed E-state index contributed by atoms with van der Waals surface area (Å²) in [7, 11) is 3.41. The Bertz CT molecular complexity index is 705. The number of anilines is 1. The number of amides is 1. The van der Waals surface area contributed by atoms with E-state index in [0.29, 0.717) is 32.2 Å². The van der Waals surface area contributed by atoms with Crippen LogP contribution in [0.5, 0.6) is 0 Å². The molecule has 0 spiro atoms. The molecule has 2 aliphatic rings. The Labute approximate surface area is 163 Å². The standard InChI is InChI=1S/C19H26F3N5O/c1-25(2)17(28)13-23-18(24-15-5-6-15)27-11-9-26(10-12-27)16-7-3-14(4-8-16)19(20,21)22/h3-4,7-8,15H,5-6,9-13H2,1-2H3,(H,23,24). The molecule has 9 heteroatoms. The van der Waals surface area contributed by atoms with Gasteiger partial charge in [0, 0.05) is 52.0 Å². The van der Waals surface area contributed by atoms with Gasteiger partial charge in [-0.3, -0.25) is 4.79 Å². The highest BCUT2D eigenvalue weighted by molar-refractivity contribution is 5.85. The number of carbonyl (C=O) groups excluding carboxylic acids is 1. The average Bonchev–Trinajstić information content (AvgIpc) is 3.48. The summed E-state index contributed by atoms with van der Waals surface area (Å²) in [6.07, 6.45) is -2.11. The van der Waals surface area contributed by atoms with Crippen LogP contribution in [0.2, 0.25) is 0 Å². The van der Waals surface area contributed by atoms with Gasteiger partial charge < -0.3 is 20.0 Å². The molecule has 0 radical (unpaired) electrons. The maximum absolute atomic E-state index is 12.7. The number of nitrogens with one attached hydrogen (secondary N) is 1. The van der Waals surface area contributed by atoms with Gasteiger partial charge in [-0.25, -0.2) is 4.99 Å². The van der Waals surface area contributed by atoms with Gasteiger partial charge >= 0.3 is 6.18 Å². The first kappa shape index (κ1) is 20.3. The fraction of sp³-hybridized carbons (Fsp3) is 0.579. The average molecular weight is 397 g/mol. The van der Waals surface area contributed by atoms with Crippen molar-refractivity contribution in [1.29, 1.82) is 0 Å². The number of piperazine rings is 1. The molecule has 0 unspecified atom stereocenters. The van der Waals surface area contributed by atoms with E-state index >= 15 is 0 Å². The number of benzene rings is 1. The van der Waals surface area contributed by atoms with Crippen LogP contribution in [0.3, 0.4) is 0 Å². The maximum Gasteiger partial charge on any atom is 0.416 e. The Hall–Kier alpha value is -2.45. The van der Waals surface area contributed by atoms with Crippen molar-refractivity contribution < 1.29 is 18.0 Å². The highest BCUT2D eigenvalue weighted by Gasteiger charge is 2.31. The minimum atomic E-state index is -4.32. The van der Waals surface area contributed by atoms with Gasteiger partial charge in [0.2, 0.25) is 5.91 Å². The Morgan fingerprint density at radius 2 is 1.75 bits per heavy atom. The molecule has 1 saturated heterocycles. The molecule has 0 atom stereocenters. The van der Waals surface area contributed by atoms with Crippen molar-refractivity contribution >= 4 is 17.6 Å². The van der Waals surface area contributed by atoms with Crippen LogP contribution in [0.15, 0.2) is 29.3 Å². The van der Waals surface area contributed by atoms with E-state index in [9.17, 15) is 18.0 Å². The summed E-state index contributed by atoms with van der Waals surface area (Å²) in [6.45, 7) is 2.84. The van der Waals surface area contributed by atoms with Crippen LogP contribution >= 0.6 is 0 Å². The second-order valence-corrected chi connectivity index (χ2v) is 7.37. The summed E-state index contributed by atoms with van der Waals surface area (Å²) in [6, 6.07) is 5.70. The number of carbonyl (C=O) groups is 1. The third-order valence-electron chi connectivity index (χ3n) is 4.91. The van der Waals surface area contributed by atoms with Crippen LogP contribution in [0.4, 0.5) is 18.9 Å². The predicted molar refractivity (Wildman–Crippen MR) is 102 cm³/mol. The number of hydrogen-bond acceptors (Lipinski definition) is 3. The molecular formula is C19H26F3N5O. The molecular weight excluding hydrogens is 371 g/mol. The monoisotopic (exact) mass is 397 g/mol. The molecule has 154 valence electrons. The van der Waals surface area contributed by atoms with Crippen molar-refractivity contribution in [2.75, 3.05) is 51.7 Å². The van der Waals surface area contributed by atoms with Gasteiger partial charge in [0.15, 0.2) is 5.96 Å². The van der Waals surface area contributed by atoms with Crippen molar-refractivity contribution in [3.8, 4) is 0 Å². The lowest BCUT2D eigenvalue weighted by molar-refractivity contribution is -0.137. The van der Waals surface area contributed by atoms with E-state index in [1.807, 2.05) is 0 Å². The highest BCUT2D eigenvalue weighted by Crippen LogP contribution is 2.30. The molecule has 1 aromatic carbocycles. The van der Waals surface area contributed by atoms with Gasteiger partial charge in [-0.2, -0.15) is 13.2 Å². The molecule has 1 saturated carbocycles. The molecule has 0 aromatic heterocycles. The minimum absolute atomic E-state index is 0.0570. The summed E-state index contributed by atoms with van der Waals surface area (Å²) in [5.41, 5.74) is 0.146. The van der Waals surface area contributed by atoms with Crippen LogP contribution in [0.1, 0.15) is 18.4 Å². The van der Waals surface area contributed by atoms with Gasteiger partial charge in [-0.15, -0.1) is 0 Å². The zero-order valence-electron chi connectivity index (χ0n) is 16.2. The zero-order valence-corrected chi connectivity index (χ0v) is 16.2. The molecule has 2 fully saturated rings. The van der Waals surface area contributed by atoms with E-state index in [1.165, 1.54) is 17.0 Å². The largest absolute Gasteiger partial charge is 0.416 e. The quantitative estimate of drug-likeness (QED) is 0.624. The summed E-state index contributed by atoms with van der Waals surface area (Å²) in [5, 5.41) is 3.40. The summed E-state index contributed by atoms with van der Waals surface area (Å²) in [4.78, 5) is 22.0. The molecule has 6 nitrogen and oxygen atoms in total. The number of halogens is 3. The van der Waals surface area contributed by atoms with Gasteiger partial charge in [0.05, 0.1) is 5.56 Å². The first-order valence-electron chi connectivity index (χ1n) is 9.42. The number of hydrogen-bond donors (Lipinski definition) is 1. The van der Waals surface area contributed by atoms with E-state index in [4.69, 9.17) is 0 Å². The van der Waals surface area contributed by atoms with Gasteiger partial charge in [0.25, 0.3) is 0 Å². The molecule has 1 aromatic rings. The Morgan fingerprint density at radius 1 is 1.14 bits per heavy atom. The fourth-order valence-corrected chi connectivity index (χ4v) is 2.97. The number of likely N-dealkylation sites (N-methyl/N-ethyl adjacent to an activating group) is 1. The highest BCUT2D eigenvalue weighted by atomic mass is 19.4. The number of aliphatic imine (C=N–C) groups is 1. The van der Waals surface area contributed by atoms with Crippen molar-refractivity contribution in [1.82, 2.24) is 15.1 Å². The topological polar surface area (TPSA) is 51.2 Å². The van der Waals surface area contributed by atoms with Crippen LogP contribution < -0.4 is 10.2 Å². The summed E-state index contributed by atoms with van der Waals surface area (Å²) in [5.74, 6) is 0.684. The molecule has 1 heterocycles. The SMILES string of the molecule is CN(C)C(=O)CN=C(NC1CC1)N1CCN(c2ccc(C(F)(F)F)cc2)CC1. The van der Waals surface area contributed by atoms with Crippen molar-refractivity contribution in [3.05, 3.63) is 29.8 Å². The Kier molecular flexibility index (Phi) is 6.00. The van der Waals surface area contributed by atoms with E-state index in [0.717, 1.165) is 36.6 Å². The molecule has 1 amide bonds. The van der Waals surface area contributed by atoms with Crippen LogP contribution in [-0.2, 0) is 11.0 Å².